The number of nitrogens with one attached hydrogen (secondary N) is 1. The molecular weight excluding hydrogens is 212 g/mol. The normalized spacial score (nSPS) is 25.1. The lowest BCUT2D eigenvalue weighted by Crippen LogP contribution is -2.52. The molecule has 1 atom stereocenters. The number of aromatic amines is 1. The van der Waals surface area contributed by atoms with Crippen molar-refractivity contribution in [2.75, 3.05) is 13.1 Å². The summed E-state index contributed by atoms with van der Waals surface area (Å²) in [5.41, 5.74) is 10.0. The number of H-pyrrole nitrogens is 1. The highest BCUT2D eigenvalue weighted by molar-refractivity contribution is 5.23. The molecule has 0 spiro atoms. The van der Waals surface area contributed by atoms with Gasteiger partial charge in [-0.15, -0.1) is 0 Å². The van der Waals surface area contributed by atoms with Crippen molar-refractivity contribution in [3.05, 3.63) is 17.0 Å². The Balaban J connectivity index is 2.06. The first-order valence-corrected chi connectivity index (χ1v) is 6.38. The Morgan fingerprint density at radius 2 is 2.18 bits per heavy atom. The number of piperidine rings is 1. The van der Waals surface area contributed by atoms with Crippen molar-refractivity contribution < 1.29 is 0 Å². The van der Waals surface area contributed by atoms with E-state index >= 15 is 0 Å². The van der Waals surface area contributed by atoms with Crippen molar-refractivity contribution in [2.24, 2.45) is 11.1 Å². The van der Waals surface area contributed by atoms with Crippen LogP contribution in [0.1, 0.15) is 37.2 Å². The molecule has 4 heteroatoms. The van der Waals surface area contributed by atoms with Crippen LogP contribution < -0.4 is 5.73 Å². The van der Waals surface area contributed by atoms with Gasteiger partial charge in [-0.3, -0.25) is 10.00 Å². The van der Waals surface area contributed by atoms with E-state index in [0.717, 1.165) is 31.7 Å². The maximum atomic E-state index is 6.16. The van der Waals surface area contributed by atoms with Crippen LogP contribution in [0, 0.1) is 19.3 Å². The highest BCUT2D eigenvalue weighted by Gasteiger charge is 2.33. The number of likely N-dealkylation sites (tertiary alicyclic amines) is 1. The fourth-order valence-corrected chi connectivity index (χ4v) is 2.65. The van der Waals surface area contributed by atoms with Gasteiger partial charge in [-0.05, 0) is 25.7 Å². The number of aryl methyl sites for hydroxylation is 2. The predicted molar refractivity (Wildman–Crippen MR) is 69.7 cm³/mol. The molecule has 4 nitrogen and oxygen atoms in total. The lowest BCUT2D eigenvalue weighted by Gasteiger charge is -2.42. The summed E-state index contributed by atoms with van der Waals surface area (Å²) in [6.07, 6.45) is 1.09. The van der Waals surface area contributed by atoms with Crippen LogP contribution in [0.25, 0.3) is 0 Å². The molecule has 0 aromatic carbocycles. The van der Waals surface area contributed by atoms with E-state index in [2.05, 4.69) is 42.8 Å². The van der Waals surface area contributed by atoms with Crippen LogP contribution in [0.2, 0.25) is 0 Å². The van der Waals surface area contributed by atoms with E-state index in [1.807, 2.05) is 0 Å². The zero-order valence-corrected chi connectivity index (χ0v) is 11.4. The summed E-state index contributed by atoms with van der Waals surface area (Å²) >= 11 is 0. The first-order chi connectivity index (χ1) is 7.90. The van der Waals surface area contributed by atoms with Crippen LogP contribution in [0.4, 0.5) is 0 Å². The highest BCUT2D eigenvalue weighted by Crippen LogP contribution is 2.29. The van der Waals surface area contributed by atoms with E-state index in [4.69, 9.17) is 5.73 Å². The minimum Gasteiger partial charge on any atom is -0.327 e. The van der Waals surface area contributed by atoms with Gasteiger partial charge in [0.2, 0.25) is 0 Å². The Morgan fingerprint density at radius 3 is 2.71 bits per heavy atom. The van der Waals surface area contributed by atoms with Gasteiger partial charge < -0.3 is 5.73 Å². The number of hydrogen-bond acceptors (Lipinski definition) is 3. The van der Waals surface area contributed by atoms with Crippen molar-refractivity contribution in [3.63, 3.8) is 0 Å². The van der Waals surface area contributed by atoms with E-state index in [0.29, 0.717) is 6.04 Å². The molecule has 0 bridgehead atoms. The first kappa shape index (κ1) is 12.6. The third kappa shape index (κ3) is 2.53. The van der Waals surface area contributed by atoms with E-state index in [1.165, 1.54) is 11.3 Å². The van der Waals surface area contributed by atoms with Gasteiger partial charge in [0.25, 0.3) is 0 Å². The fourth-order valence-electron chi connectivity index (χ4n) is 2.65. The summed E-state index contributed by atoms with van der Waals surface area (Å²) in [4.78, 5) is 2.49. The molecule has 1 aliphatic heterocycles. The van der Waals surface area contributed by atoms with E-state index in [9.17, 15) is 0 Å². The summed E-state index contributed by atoms with van der Waals surface area (Å²) in [5, 5.41) is 7.31. The molecular formula is C13H24N4. The van der Waals surface area contributed by atoms with Crippen molar-refractivity contribution in [2.45, 2.75) is 46.7 Å². The molecule has 1 aliphatic rings. The summed E-state index contributed by atoms with van der Waals surface area (Å²) in [7, 11) is 0. The first-order valence-electron chi connectivity index (χ1n) is 6.38. The Morgan fingerprint density at radius 1 is 1.47 bits per heavy atom. The van der Waals surface area contributed by atoms with Gasteiger partial charge in [-0.1, -0.05) is 13.8 Å². The molecule has 1 aromatic rings. The minimum atomic E-state index is 0.212. The topological polar surface area (TPSA) is 57.9 Å². The molecule has 3 N–H and O–H groups in total. The van der Waals surface area contributed by atoms with Gasteiger partial charge in [-0.2, -0.15) is 5.10 Å². The second-order valence-electron chi connectivity index (χ2n) is 6.01. The average Bonchev–Trinajstić information content (AvgIpc) is 2.55. The third-order valence-corrected chi connectivity index (χ3v) is 4.05. The molecule has 96 valence electrons. The van der Waals surface area contributed by atoms with Gasteiger partial charge in [0.05, 0.1) is 5.69 Å². The van der Waals surface area contributed by atoms with Crippen LogP contribution in [0.5, 0.6) is 0 Å². The lowest BCUT2D eigenvalue weighted by molar-refractivity contribution is 0.0896. The molecule has 0 aliphatic carbocycles. The van der Waals surface area contributed by atoms with Crippen molar-refractivity contribution in [1.82, 2.24) is 15.1 Å². The number of rotatable bonds is 2. The van der Waals surface area contributed by atoms with Crippen LogP contribution in [-0.2, 0) is 6.54 Å². The summed E-state index contributed by atoms with van der Waals surface area (Å²) in [5.74, 6) is 0. The molecule has 2 heterocycles. The van der Waals surface area contributed by atoms with Crippen LogP contribution in [0.3, 0.4) is 0 Å². The smallest absolute Gasteiger partial charge is 0.0639 e. The molecule has 17 heavy (non-hydrogen) atoms. The SMILES string of the molecule is Cc1n[nH]c(C)c1CN1CCC(N)C(C)(C)C1. The van der Waals surface area contributed by atoms with Crippen LogP contribution in [0.15, 0.2) is 0 Å². The Labute approximate surface area is 104 Å². The number of nitrogens with two attached hydrogens (primary N) is 1. The second kappa shape index (κ2) is 4.42. The van der Waals surface area contributed by atoms with Gasteiger partial charge in [0.1, 0.15) is 0 Å². The number of nitrogens with zero attached hydrogens (tertiary/aromatic N) is 2. The third-order valence-electron chi connectivity index (χ3n) is 4.05. The maximum absolute atomic E-state index is 6.16. The summed E-state index contributed by atoms with van der Waals surface area (Å²) in [6, 6.07) is 0.324. The van der Waals surface area contributed by atoms with Crippen molar-refractivity contribution >= 4 is 0 Å². The maximum Gasteiger partial charge on any atom is 0.0639 e. The zero-order valence-electron chi connectivity index (χ0n) is 11.4. The average molecular weight is 236 g/mol. The summed E-state index contributed by atoms with van der Waals surface area (Å²) < 4.78 is 0. The minimum absolute atomic E-state index is 0.212. The summed E-state index contributed by atoms with van der Waals surface area (Å²) in [6.45, 7) is 11.8. The highest BCUT2D eigenvalue weighted by atomic mass is 15.2. The molecule has 0 saturated carbocycles. The molecule has 1 saturated heterocycles. The van der Waals surface area contributed by atoms with Crippen molar-refractivity contribution in [3.8, 4) is 0 Å². The Bertz CT molecular complexity index is 375. The van der Waals surface area contributed by atoms with Gasteiger partial charge in [-0.25, -0.2) is 0 Å². The number of hydrogen-bond donors (Lipinski definition) is 2. The molecule has 1 fully saturated rings. The standard InChI is InChI=1S/C13H24N4/c1-9-11(10(2)16-15-9)7-17-6-5-12(14)13(3,4)8-17/h12H,5-8,14H2,1-4H3,(H,15,16). The quantitative estimate of drug-likeness (QED) is 0.820. The predicted octanol–water partition coefficient (Wildman–Crippen LogP) is 1.59. The molecule has 0 radical (unpaired) electrons. The van der Waals surface area contributed by atoms with E-state index in [-0.39, 0.29) is 5.41 Å². The van der Waals surface area contributed by atoms with Crippen molar-refractivity contribution in [1.29, 1.82) is 0 Å². The fraction of sp³-hybridized carbons (Fsp3) is 0.769. The zero-order chi connectivity index (χ0) is 12.6. The Kier molecular flexibility index (Phi) is 3.27. The van der Waals surface area contributed by atoms with Crippen LogP contribution >= 0.6 is 0 Å². The largest absolute Gasteiger partial charge is 0.327 e. The van der Waals surface area contributed by atoms with Gasteiger partial charge in [0.15, 0.2) is 0 Å². The molecule has 1 unspecified atom stereocenters. The van der Waals surface area contributed by atoms with E-state index < -0.39 is 0 Å². The molecule has 2 rings (SSSR count). The monoisotopic (exact) mass is 236 g/mol. The van der Waals surface area contributed by atoms with Gasteiger partial charge in [0, 0.05) is 36.9 Å². The van der Waals surface area contributed by atoms with Crippen LogP contribution in [-0.4, -0.2) is 34.2 Å². The lowest BCUT2D eigenvalue weighted by atomic mass is 9.79. The Hall–Kier alpha value is -0.870. The number of aromatic nitrogens is 2. The molecule has 0 amide bonds. The van der Waals surface area contributed by atoms with E-state index in [1.54, 1.807) is 0 Å². The molecule has 1 aromatic heterocycles. The van der Waals surface area contributed by atoms with Gasteiger partial charge >= 0.3 is 0 Å². The second-order valence-corrected chi connectivity index (χ2v) is 6.01.